The summed E-state index contributed by atoms with van der Waals surface area (Å²) in [5.41, 5.74) is 1.01. The van der Waals surface area contributed by atoms with Crippen molar-refractivity contribution in [2.75, 3.05) is 6.61 Å². The maximum atomic E-state index is 10.8. The summed E-state index contributed by atoms with van der Waals surface area (Å²) in [5, 5.41) is 17.4. The molecule has 0 aromatic rings. The van der Waals surface area contributed by atoms with Crippen LogP contribution >= 0.6 is 0 Å². The Bertz CT molecular complexity index is 219. The van der Waals surface area contributed by atoms with E-state index in [4.69, 9.17) is 10.2 Å². The van der Waals surface area contributed by atoms with E-state index in [1.807, 2.05) is 13.0 Å². The first-order valence-corrected chi connectivity index (χ1v) is 4.72. The third-order valence-electron chi connectivity index (χ3n) is 1.99. The van der Waals surface area contributed by atoms with Crippen LogP contribution < -0.4 is 0 Å². The molecule has 0 radical (unpaired) electrons. The van der Waals surface area contributed by atoms with Gasteiger partial charge in [-0.2, -0.15) is 0 Å². The van der Waals surface area contributed by atoms with Gasteiger partial charge in [0.25, 0.3) is 0 Å². The van der Waals surface area contributed by atoms with Crippen molar-refractivity contribution in [3.63, 3.8) is 0 Å². The van der Waals surface area contributed by atoms with E-state index in [0.29, 0.717) is 19.3 Å². The highest BCUT2D eigenvalue weighted by Crippen LogP contribution is 2.16. The molecule has 14 heavy (non-hydrogen) atoms. The average molecular weight is 198 g/mol. The molecule has 0 saturated carbocycles. The molecule has 0 fully saturated rings. The summed E-state index contributed by atoms with van der Waals surface area (Å²) < 4.78 is 0. The van der Waals surface area contributed by atoms with Gasteiger partial charge in [0.2, 0.25) is 0 Å². The largest absolute Gasteiger partial charge is 0.481 e. The zero-order valence-corrected chi connectivity index (χ0v) is 8.57. The molecule has 0 rings (SSSR count). The van der Waals surface area contributed by atoms with Gasteiger partial charge in [0.1, 0.15) is 0 Å². The number of rotatable bonds is 7. The van der Waals surface area contributed by atoms with Crippen LogP contribution in [0.15, 0.2) is 24.3 Å². The van der Waals surface area contributed by atoms with Crippen LogP contribution in [0.3, 0.4) is 0 Å². The molecule has 0 aliphatic carbocycles. The summed E-state index contributed by atoms with van der Waals surface area (Å²) in [6.07, 6.45) is 5.10. The second-order valence-electron chi connectivity index (χ2n) is 3.33. The van der Waals surface area contributed by atoms with E-state index in [9.17, 15) is 4.79 Å². The number of carboxylic acid groups (broad SMARTS) is 1. The molecule has 3 nitrogen and oxygen atoms in total. The van der Waals surface area contributed by atoms with E-state index >= 15 is 0 Å². The minimum absolute atomic E-state index is 0.108. The van der Waals surface area contributed by atoms with Gasteiger partial charge >= 0.3 is 5.97 Å². The smallest absolute Gasteiger partial charge is 0.307 e. The van der Waals surface area contributed by atoms with E-state index in [1.165, 1.54) is 0 Å². The predicted molar refractivity (Wildman–Crippen MR) is 56.0 cm³/mol. The van der Waals surface area contributed by atoms with Crippen molar-refractivity contribution in [1.82, 2.24) is 0 Å². The maximum Gasteiger partial charge on any atom is 0.307 e. The van der Waals surface area contributed by atoms with Crippen LogP contribution in [0.5, 0.6) is 0 Å². The van der Waals surface area contributed by atoms with Crippen LogP contribution in [0.4, 0.5) is 0 Å². The maximum absolute atomic E-state index is 10.8. The Morgan fingerprint density at radius 1 is 1.57 bits per heavy atom. The lowest BCUT2D eigenvalue weighted by Gasteiger charge is -2.09. The van der Waals surface area contributed by atoms with Gasteiger partial charge in [-0.05, 0) is 26.2 Å². The minimum atomic E-state index is -0.790. The predicted octanol–water partition coefficient (Wildman–Crippen LogP) is 1.98. The van der Waals surface area contributed by atoms with E-state index in [-0.39, 0.29) is 12.5 Å². The molecule has 0 spiro atoms. The Balaban J connectivity index is 4.14. The molecule has 0 aromatic carbocycles. The van der Waals surface area contributed by atoms with Crippen molar-refractivity contribution in [2.24, 2.45) is 5.92 Å². The standard InChI is InChI=1S/C11H18O3/c1-3-5-10(11(13)14)8-9(2)6-4-7-12/h3,6,10,12H,1,4-5,7-8H2,2H3,(H,13,14). The molecule has 0 bridgehead atoms. The van der Waals surface area contributed by atoms with Crippen molar-refractivity contribution < 1.29 is 15.0 Å². The fraction of sp³-hybridized carbons (Fsp3) is 0.545. The molecule has 0 heterocycles. The highest BCUT2D eigenvalue weighted by Gasteiger charge is 2.15. The van der Waals surface area contributed by atoms with Gasteiger partial charge in [-0.3, -0.25) is 4.79 Å². The van der Waals surface area contributed by atoms with Crippen molar-refractivity contribution >= 4 is 5.97 Å². The van der Waals surface area contributed by atoms with Crippen LogP contribution in [0.1, 0.15) is 26.2 Å². The van der Waals surface area contributed by atoms with Crippen molar-refractivity contribution in [3.05, 3.63) is 24.3 Å². The zero-order chi connectivity index (χ0) is 11.0. The third kappa shape index (κ3) is 5.54. The molecular weight excluding hydrogens is 180 g/mol. The average Bonchev–Trinajstić information content (AvgIpc) is 2.14. The molecule has 2 N–H and O–H groups in total. The molecule has 0 aromatic heterocycles. The van der Waals surface area contributed by atoms with E-state index in [1.54, 1.807) is 6.08 Å². The van der Waals surface area contributed by atoms with Crippen LogP contribution in [-0.2, 0) is 4.79 Å². The van der Waals surface area contributed by atoms with Crippen molar-refractivity contribution in [2.45, 2.75) is 26.2 Å². The fourth-order valence-corrected chi connectivity index (χ4v) is 1.26. The zero-order valence-electron chi connectivity index (χ0n) is 8.57. The Morgan fingerprint density at radius 2 is 2.21 bits per heavy atom. The number of hydrogen-bond acceptors (Lipinski definition) is 2. The molecular formula is C11H18O3. The molecule has 1 unspecified atom stereocenters. The van der Waals surface area contributed by atoms with Gasteiger partial charge < -0.3 is 10.2 Å². The first-order chi connectivity index (χ1) is 6.61. The molecule has 0 aliphatic heterocycles. The molecule has 0 aliphatic rings. The lowest BCUT2D eigenvalue weighted by molar-refractivity contribution is -0.141. The number of aliphatic carboxylic acids is 1. The molecule has 80 valence electrons. The van der Waals surface area contributed by atoms with Gasteiger partial charge in [0, 0.05) is 6.61 Å². The summed E-state index contributed by atoms with van der Waals surface area (Å²) in [5.74, 6) is -1.18. The van der Waals surface area contributed by atoms with Gasteiger partial charge in [-0.15, -0.1) is 6.58 Å². The summed E-state index contributed by atoms with van der Waals surface area (Å²) >= 11 is 0. The Kier molecular flexibility index (Phi) is 6.76. The van der Waals surface area contributed by atoms with Crippen LogP contribution in [0, 0.1) is 5.92 Å². The summed E-state index contributed by atoms with van der Waals surface area (Å²) in [4.78, 5) is 10.8. The fourth-order valence-electron chi connectivity index (χ4n) is 1.26. The lowest BCUT2D eigenvalue weighted by Crippen LogP contribution is -2.13. The SMILES string of the molecule is C=CCC(CC(C)=CCCO)C(=O)O. The summed E-state index contributed by atoms with van der Waals surface area (Å²) in [6, 6.07) is 0. The Hall–Kier alpha value is -1.09. The normalized spacial score (nSPS) is 13.7. The quantitative estimate of drug-likeness (QED) is 0.615. The van der Waals surface area contributed by atoms with Gasteiger partial charge in [-0.25, -0.2) is 0 Å². The Morgan fingerprint density at radius 3 is 2.64 bits per heavy atom. The van der Waals surface area contributed by atoms with E-state index in [2.05, 4.69) is 6.58 Å². The van der Waals surface area contributed by atoms with E-state index < -0.39 is 5.97 Å². The number of hydrogen-bond donors (Lipinski definition) is 2. The van der Waals surface area contributed by atoms with E-state index in [0.717, 1.165) is 5.57 Å². The van der Waals surface area contributed by atoms with Crippen LogP contribution in [0.2, 0.25) is 0 Å². The van der Waals surface area contributed by atoms with Gasteiger partial charge in [0.05, 0.1) is 5.92 Å². The second-order valence-corrected chi connectivity index (χ2v) is 3.33. The summed E-state index contributed by atoms with van der Waals surface area (Å²) in [6.45, 7) is 5.52. The first-order valence-electron chi connectivity index (χ1n) is 4.72. The molecule has 0 amide bonds. The molecule has 1 atom stereocenters. The first kappa shape index (κ1) is 12.9. The van der Waals surface area contributed by atoms with Gasteiger partial charge in [0.15, 0.2) is 0 Å². The van der Waals surface area contributed by atoms with Crippen molar-refractivity contribution in [1.29, 1.82) is 0 Å². The topological polar surface area (TPSA) is 57.5 Å². The van der Waals surface area contributed by atoms with Crippen LogP contribution in [-0.4, -0.2) is 22.8 Å². The number of carbonyl (C=O) groups is 1. The second kappa shape index (κ2) is 7.33. The highest BCUT2D eigenvalue weighted by molar-refractivity contribution is 5.70. The number of aliphatic hydroxyl groups excluding tert-OH is 1. The third-order valence-corrected chi connectivity index (χ3v) is 1.99. The monoisotopic (exact) mass is 198 g/mol. The molecule has 3 heteroatoms. The number of allylic oxidation sites excluding steroid dienone is 2. The van der Waals surface area contributed by atoms with Crippen molar-refractivity contribution in [3.8, 4) is 0 Å². The van der Waals surface area contributed by atoms with Gasteiger partial charge in [-0.1, -0.05) is 17.7 Å². The minimum Gasteiger partial charge on any atom is -0.481 e. The lowest BCUT2D eigenvalue weighted by atomic mass is 9.96. The number of aliphatic hydroxyl groups is 1. The Labute approximate surface area is 84.8 Å². The van der Waals surface area contributed by atoms with Crippen LogP contribution in [0.25, 0.3) is 0 Å². The molecule has 0 saturated heterocycles. The summed E-state index contributed by atoms with van der Waals surface area (Å²) in [7, 11) is 0. The number of carboxylic acids is 1. The highest BCUT2D eigenvalue weighted by atomic mass is 16.4.